The lowest BCUT2D eigenvalue weighted by atomic mass is 9.91. The molecular formula is C25H22ClFN2O6. The lowest BCUT2D eigenvalue weighted by Gasteiger charge is -2.37. The van der Waals surface area contributed by atoms with Crippen LogP contribution in [-0.4, -0.2) is 43.1 Å². The third-order valence-corrected chi connectivity index (χ3v) is 6.21. The number of nitro groups is 1. The van der Waals surface area contributed by atoms with Gasteiger partial charge in [-0.2, -0.15) is 0 Å². The van der Waals surface area contributed by atoms with Gasteiger partial charge in [-0.3, -0.25) is 14.9 Å². The Balaban J connectivity index is 1.74. The van der Waals surface area contributed by atoms with E-state index in [9.17, 15) is 19.3 Å². The van der Waals surface area contributed by atoms with Gasteiger partial charge in [-0.05, 0) is 60.0 Å². The van der Waals surface area contributed by atoms with Crippen molar-refractivity contribution in [2.75, 3.05) is 27.4 Å². The summed E-state index contributed by atoms with van der Waals surface area (Å²) in [5.41, 5.74) is 1.52. The molecule has 0 fully saturated rings. The monoisotopic (exact) mass is 500 g/mol. The van der Waals surface area contributed by atoms with Crippen LogP contribution in [0.25, 0.3) is 0 Å². The van der Waals surface area contributed by atoms with Gasteiger partial charge >= 0.3 is 0 Å². The molecule has 3 aromatic rings. The number of carbonyl (C=O) groups excluding carboxylic acids is 1. The van der Waals surface area contributed by atoms with Crippen molar-refractivity contribution in [1.82, 2.24) is 4.90 Å². The van der Waals surface area contributed by atoms with Crippen molar-refractivity contribution in [1.29, 1.82) is 0 Å². The first kappa shape index (κ1) is 24.3. The molecule has 0 radical (unpaired) electrons. The Labute approximate surface area is 205 Å². The first-order valence-corrected chi connectivity index (χ1v) is 11.1. The number of hydrogen-bond acceptors (Lipinski definition) is 6. The van der Waals surface area contributed by atoms with E-state index in [4.69, 9.17) is 25.8 Å². The van der Waals surface area contributed by atoms with E-state index in [2.05, 4.69) is 0 Å². The molecule has 3 aromatic carbocycles. The van der Waals surface area contributed by atoms with Crippen molar-refractivity contribution in [2.24, 2.45) is 0 Å². The van der Waals surface area contributed by atoms with E-state index in [1.165, 1.54) is 49.6 Å². The number of rotatable bonds is 7. The van der Waals surface area contributed by atoms with Crippen molar-refractivity contribution in [3.63, 3.8) is 0 Å². The quantitative estimate of drug-likeness (QED) is 0.326. The Morgan fingerprint density at radius 1 is 1.11 bits per heavy atom. The number of nitrogens with zero attached hydrogens (tertiary/aromatic N) is 2. The molecule has 0 aromatic heterocycles. The molecule has 1 aliphatic rings. The zero-order valence-electron chi connectivity index (χ0n) is 19.0. The largest absolute Gasteiger partial charge is 0.493 e. The minimum absolute atomic E-state index is 0.0246. The van der Waals surface area contributed by atoms with E-state index in [0.29, 0.717) is 30.2 Å². The lowest BCUT2D eigenvalue weighted by Crippen LogP contribution is -2.42. The minimum Gasteiger partial charge on any atom is -0.493 e. The van der Waals surface area contributed by atoms with E-state index < -0.39 is 22.7 Å². The highest BCUT2D eigenvalue weighted by molar-refractivity contribution is 6.34. The van der Waals surface area contributed by atoms with E-state index >= 15 is 0 Å². The summed E-state index contributed by atoms with van der Waals surface area (Å²) >= 11 is 6.26. The molecule has 1 amide bonds. The number of hydrogen-bond donors (Lipinski definition) is 0. The van der Waals surface area contributed by atoms with Crippen LogP contribution in [0.2, 0.25) is 5.02 Å². The molecule has 0 bridgehead atoms. The molecule has 10 heteroatoms. The summed E-state index contributed by atoms with van der Waals surface area (Å²) < 4.78 is 30.1. The molecular weight excluding hydrogens is 479 g/mol. The zero-order valence-corrected chi connectivity index (χ0v) is 19.8. The molecule has 35 heavy (non-hydrogen) atoms. The number of non-ortho nitro benzene ring substituents is 1. The second-order valence-corrected chi connectivity index (χ2v) is 8.26. The molecule has 0 N–H and O–H groups in total. The van der Waals surface area contributed by atoms with Gasteiger partial charge < -0.3 is 19.1 Å². The summed E-state index contributed by atoms with van der Waals surface area (Å²) in [6, 6.07) is 12.4. The molecule has 0 saturated heterocycles. The maximum atomic E-state index is 13.6. The summed E-state index contributed by atoms with van der Waals surface area (Å²) in [4.78, 5) is 25.9. The Morgan fingerprint density at radius 3 is 2.46 bits per heavy atom. The van der Waals surface area contributed by atoms with E-state index in [-0.39, 0.29) is 22.9 Å². The van der Waals surface area contributed by atoms with Crippen molar-refractivity contribution in [3.05, 3.63) is 92.2 Å². The average molecular weight is 501 g/mol. The van der Waals surface area contributed by atoms with Gasteiger partial charge in [-0.15, -0.1) is 0 Å². The van der Waals surface area contributed by atoms with Crippen molar-refractivity contribution >= 4 is 23.2 Å². The first-order chi connectivity index (χ1) is 16.8. The summed E-state index contributed by atoms with van der Waals surface area (Å²) in [5.74, 6) is 0.618. The first-order valence-electron chi connectivity index (χ1n) is 10.7. The van der Waals surface area contributed by atoms with Crippen molar-refractivity contribution in [2.45, 2.75) is 12.5 Å². The van der Waals surface area contributed by atoms with Crippen LogP contribution in [0.1, 0.15) is 27.5 Å². The maximum absolute atomic E-state index is 13.6. The van der Waals surface area contributed by atoms with Crippen LogP contribution in [-0.2, 0) is 6.42 Å². The highest BCUT2D eigenvalue weighted by Crippen LogP contribution is 2.39. The van der Waals surface area contributed by atoms with Gasteiger partial charge in [0.15, 0.2) is 11.5 Å². The molecule has 0 unspecified atom stereocenters. The molecule has 1 aliphatic heterocycles. The Hall–Kier alpha value is -3.85. The SMILES string of the molecule is COc1cc2c(cc1OC)[C@H](COc1ccc(F)cc1)N(C(=O)c1cc([N+](=O)[O-])ccc1Cl)CC2. The van der Waals surface area contributed by atoms with Crippen LogP contribution in [0.15, 0.2) is 54.6 Å². The Kier molecular flexibility index (Phi) is 7.07. The van der Waals surface area contributed by atoms with Gasteiger partial charge in [0.25, 0.3) is 11.6 Å². The lowest BCUT2D eigenvalue weighted by molar-refractivity contribution is -0.384. The Bertz CT molecular complexity index is 1270. The van der Waals surface area contributed by atoms with Gasteiger partial charge in [0, 0.05) is 18.7 Å². The fraction of sp³-hybridized carbons (Fsp3) is 0.240. The second kappa shape index (κ2) is 10.2. The molecule has 1 atom stereocenters. The van der Waals surface area contributed by atoms with E-state index in [0.717, 1.165) is 11.1 Å². The smallest absolute Gasteiger partial charge is 0.270 e. The van der Waals surface area contributed by atoms with Crippen molar-refractivity contribution < 1.29 is 28.3 Å². The summed E-state index contributed by atoms with van der Waals surface area (Å²) in [5, 5.41) is 11.4. The highest BCUT2D eigenvalue weighted by atomic mass is 35.5. The van der Waals surface area contributed by atoms with Gasteiger partial charge in [0.05, 0.1) is 35.8 Å². The fourth-order valence-electron chi connectivity index (χ4n) is 4.10. The summed E-state index contributed by atoms with van der Waals surface area (Å²) in [7, 11) is 3.06. The van der Waals surface area contributed by atoms with E-state index in [1.54, 1.807) is 18.1 Å². The van der Waals surface area contributed by atoms with Gasteiger partial charge in [0.2, 0.25) is 0 Å². The van der Waals surface area contributed by atoms with Crippen LogP contribution in [0.4, 0.5) is 10.1 Å². The van der Waals surface area contributed by atoms with Crippen LogP contribution < -0.4 is 14.2 Å². The maximum Gasteiger partial charge on any atom is 0.270 e. The molecule has 0 saturated carbocycles. The number of amides is 1. The Morgan fingerprint density at radius 2 is 1.80 bits per heavy atom. The molecule has 1 heterocycles. The third kappa shape index (κ3) is 5.00. The van der Waals surface area contributed by atoms with E-state index in [1.807, 2.05) is 6.07 Å². The normalized spacial score (nSPS) is 14.7. The standard InChI is InChI=1S/C25H22ClFN2O6/c1-33-23-11-15-9-10-28(25(30)20-12-17(29(31)32)5-8-21(20)26)22(19(15)13-24(23)34-2)14-35-18-6-3-16(27)4-7-18/h3-8,11-13,22H,9-10,14H2,1-2H3/t22-/m0/s1. The molecule has 8 nitrogen and oxygen atoms in total. The summed E-state index contributed by atoms with van der Waals surface area (Å²) in [6.07, 6.45) is 0.515. The molecule has 4 rings (SSSR count). The number of nitro benzene ring substituents is 1. The van der Waals surface area contributed by atoms with Crippen LogP contribution in [0.5, 0.6) is 17.2 Å². The number of halogens is 2. The fourth-order valence-corrected chi connectivity index (χ4v) is 4.30. The number of methoxy groups -OCH3 is 2. The van der Waals surface area contributed by atoms with Crippen LogP contribution >= 0.6 is 11.6 Å². The van der Waals surface area contributed by atoms with Gasteiger partial charge in [-0.1, -0.05) is 11.6 Å². The minimum atomic E-state index is -0.578. The zero-order chi connectivity index (χ0) is 25.1. The molecule has 0 spiro atoms. The third-order valence-electron chi connectivity index (χ3n) is 5.88. The number of ether oxygens (including phenoxy) is 3. The average Bonchev–Trinajstić information content (AvgIpc) is 2.86. The number of benzene rings is 3. The predicted molar refractivity (Wildman–Crippen MR) is 127 cm³/mol. The predicted octanol–water partition coefficient (Wildman–Crippen LogP) is 5.22. The summed E-state index contributed by atoms with van der Waals surface area (Å²) in [6.45, 7) is 0.365. The highest BCUT2D eigenvalue weighted by Gasteiger charge is 2.34. The molecule has 182 valence electrons. The van der Waals surface area contributed by atoms with Crippen LogP contribution in [0, 0.1) is 15.9 Å². The number of fused-ring (bicyclic) bond motifs is 1. The van der Waals surface area contributed by atoms with Crippen molar-refractivity contribution in [3.8, 4) is 17.2 Å². The second-order valence-electron chi connectivity index (χ2n) is 7.86. The molecule has 0 aliphatic carbocycles. The topological polar surface area (TPSA) is 91.1 Å². The van der Waals surface area contributed by atoms with Crippen LogP contribution in [0.3, 0.4) is 0 Å². The number of carbonyl (C=O) groups is 1. The van der Waals surface area contributed by atoms with Gasteiger partial charge in [0.1, 0.15) is 18.2 Å². The van der Waals surface area contributed by atoms with Gasteiger partial charge in [-0.25, -0.2) is 4.39 Å².